The van der Waals surface area contributed by atoms with E-state index in [4.69, 9.17) is 0 Å². The Bertz CT molecular complexity index is 125. The summed E-state index contributed by atoms with van der Waals surface area (Å²) in [5.74, 6) is 0. The Morgan fingerprint density at radius 3 is 2.00 bits per heavy atom. The first-order valence-electron chi connectivity index (χ1n) is 3.79. The van der Waals surface area contributed by atoms with Gasteiger partial charge in [-0.3, -0.25) is 0 Å². The van der Waals surface area contributed by atoms with Crippen LogP contribution in [0.25, 0.3) is 0 Å². The topological polar surface area (TPSA) is 12.0 Å². The van der Waals surface area contributed by atoms with Crippen molar-refractivity contribution in [1.82, 2.24) is 5.32 Å². The van der Waals surface area contributed by atoms with E-state index in [1.165, 1.54) is 11.3 Å². The van der Waals surface area contributed by atoms with Crippen molar-refractivity contribution >= 4 is 0 Å². The molecule has 0 aliphatic rings. The maximum absolute atomic E-state index is 3.15. The third-order valence-electron chi connectivity index (χ3n) is 1.63. The Morgan fingerprint density at radius 1 is 1.30 bits per heavy atom. The third-order valence-corrected chi connectivity index (χ3v) is 1.63. The van der Waals surface area contributed by atoms with Crippen LogP contribution in [0.5, 0.6) is 0 Å². The van der Waals surface area contributed by atoms with Crippen LogP contribution in [0.3, 0.4) is 0 Å². The van der Waals surface area contributed by atoms with Crippen molar-refractivity contribution in [3.63, 3.8) is 0 Å². The molecule has 0 atom stereocenters. The van der Waals surface area contributed by atoms with Crippen molar-refractivity contribution in [2.75, 3.05) is 7.05 Å². The van der Waals surface area contributed by atoms with Gasteiger partial charge in [-0.15, -0.1) is 0 Å². The molecule has 10 heavy (non-hydrogen) atoms. The third kappa shape index (κ3) is 2.26. The Hall–Kier alpha value is -0.720. The van der Waals surface area contributed by atoms with Crippen LogP contribution in [0.2, 0.25) is 0 Å². The summed E-state index contributed by atoms with van der Waals surface area (Å²) in [5, 5.41) is 3.15. The van der Waals surface area contributed by atoms with E-state index >= 15 is 0 Å². The quantitative estimate of drug-likeness (QED) is 0.592. The minimum Gasteiger partial charge on any atom is -0.388 e. The molecule has 0 aliphatic carbocycles. The SMILES string of the molecule is C/C=C(CC)\C(=C/C)NC. The first kappa shape index (κ1) is 9.28. The average molecular weight is 139 g/mol. The van der Waals surface area contributed by atoms with E-state index in [-0.39, 0.29) is 0 Å². The molecule has 0 aromatic rings. The second kappa shape index (κ2) is 5.10. The molecule has 1 heteroatoms. The molecule has 1 N–H and O–H groups in total. The first-order valence-corrected chi connectivity index (χ1v) is 3.79. The molecule has 58 valence electrons. The van der Waals surface area contributed by atoms with Gasteiger partial charge in [0.15, 0.2) is 0 Å². The Kier molecular flexibility index (Phi) is 4.73. The molecule has 0 amide bonds. The number of allylic oxidation sites excluding steroid dienone is 3. The van der Waals surface area contributed by atoms with Gasteiger partial charge in [-0.05, 0) is 25.8 Å². The van der Waals surface area contributed by atoms with Gasteiger partial charge >= 0.3 is 0 Å². The summed E-state index contributed by atoms with van der Waals surface area (Å²) in [5.41, 5.74) is 2.62. The van der Waals surface area contributed by atoms with Crippen molar-refractivity contribution in [3.8, 4) is 0 Å². The monoisotopic (exact) mass is 139 g/mol. The lowest BCUT2D eigenvalue weighted by molar-refractivity contribution is 0.947. The number of hydrogen-bond donors (Lipinski definition) is 1. The zero-order chi connectivity index (χ0) is 7.98. The minimum absolute atomic E-state index is 1.09. The molecule has 0 fully saturated rings. The normalized spacial score (nSPS) is 13.6. The van der Waals surface area contributed by atoms with Crippen LogP contribution in [-0.4, -0.2) is 7.05 Å². The summed E-state index contributed by atoms with van der Waals surface area (Å²) in [6, 6.07) is 0. The predicted molar refractivity (Wildman–Crippen MR) is 46.9 cm³/mol. The lowest BCUT2D eigenvalue weighted by Crippen LogP contribution is -2.07. The van der Waals surface area contributed by atoms with Gasteiger partial charge in [0, 0.05) is 12.7 Å². The second-order valence-electron chi connectivity index (χ2n) is 2.12. The maximum Gasteiger partial charge on any atom is 0.0323 e. The van der Waals surface area contributed by atoms with E-state index in [9.17, 15) is 0 Å². The molecule has 1 nitrogen and oxygen atoms in total. The number of likely N-dealkylation sites (N-methyl/N-ethyl adjacent to an activating group) is 1. The van der Waals surface area contributed by atoms with Gasteiger partial charge in [0.05, 0.1) is 0 Å². The smallest absolute Gasteiger partial charge is 0.0323 e. The summed E-state index contributed by atoms with van der Waals surface area (Å²) in [4.78, 5) is 0. The largest absolute Gasteiger partial charge is 0.388 e. The van der Waals surface area contributed by atoms with Gasteiger partial charge in [-0.2, -0.15) is 0 Å². The van der Waals surface area contributed by atoms with Gasteiger partial charge in [-0.25, -0.2) is 0 Å². The molecule has 0 rings (SSSR count). The van der Waals surface area contributed by atoms with Crippen LogP contribution in [0, 0.1) is 0 Å². The fourth-order valence-electron chi connectivity index (χ4n) is 1.04. The molecule has 0 aromatic heterocycles. The molecule has 0 saturated heterocycles. The Morgan fingerprint density at radius 2 is 1.90 bits per heavy atom. The summed E-state index contributed by atoms with van der Waals surface area (Å²) in [6.07, 6.45) is 5.34. The summed E-state index contributed by atoms with van der Waals surface area (Å²) >= 11 is 0. The van der Waals surface area contributed by atoms with Crippen molar-refractivity contribution in [2.24, 2.45) is 0 Å². The molecule has 0 bridgehead atoms. The van der Waals surface area contributed by atoms with E-state index in [1.807, 2.05) is 14.0 Å². The Labute approximate surface area is 63.8 Å². The van der Waals surface area contributed by atoms with Gasteiger partial charge in [0.1, 0.15) is 0 Å². The number of rotatable bonds is 3. The lowest BCUT2D eigenvalue weighted by Gasteiger charge is -2.07. The van der Waals surface area contributed by atoms with Crippen molar-refractivity contribution in [2.45, 2.75) is 27.2 Å². The average Bonchev–Trinajstić information content (AvgIpc) is 2.00. The molecular formula is C9H17N. The highest BCUT2D eigenvalue weighted by molar-refractivity contribution is 5.27. The van der Waals surface area contributed by atoms with E-state index in [0.717, 1.165) is 6.42 Å². The second-order valence-corrected chi connectivity index (χ2v) is 2.12. The highest BCUT2D eigenvalue weighted by atomic mass is 14.8. The number of nitrogens with one attached hydrogen (secondary N) is 1. The molecule has 0 heterocycles. The van der Waals surface area contributed by atoms with Crippen molar-refractivity contribution < 1.29 is 0 Å². The fourth-order valence-corrected chi connectivity index (χ4v) is 1.04. The van der Waals surface area contributed by atoms with Gasteiger partial charge in [0.25, 0.3) is 0 Å². The molecular weight excluding hydrogens is 122 g/mol. The molecule has 0 saturated carbocycles. The van der Waals surface area contributed by atoms with Crippen molar-refractivity contribution in [3.05, 3.63) is 23.4 Å². The standard InChI is InChI=1S/C9H17N/c1-5-8(6-2)9(7-3)10-4/h5,7,10H,6H2,1-4H3/b8-5-,9-7+. The van der Waals surface area contributed by atoms with Crippen LogP contribution >= 0.6 is 0 Å². The summed E-state index contributed by atoms with van der Waals surface area (Å²) in [7, 11) is 1.95. The van der Waals surface area contributed by atoms with E-state index in [0.29, 0.717) is 0 Å². The number of hydrogen-bond acceptors (Lipinski definition) is 1. The fraction of sp³-hybridized carbons (Fsp3) is 0.556. The summed E-state index contributed by atoms with van der Waals surface area (Å²) in [6.45, 7) is 6.28. The van der Waals surface area contributed by atoms with Gasteiger partial charge in [0.2, 0.25) is 0 Å². The molecule has 0 spiro atoms. The predicted octanol–water partition coefficient (Wildman–Crippen LogP) is 2.47. The molecule has 0 aliphatic heterocycles. The van der Waals surface area contributed by atoms with E-state index < -0.39 is 0 Å². The van der Waals surface area contributed by atoms with E-state index in [2.05, 4.69) is 31.3 Å². The van der Waals surface area contributed by atoms with E-state index in [1.54, 1.807) is 0 Å². The summed E-state index contributed by atoms with van der Waals surface area (Å²) < 4.78 is 0. The van der Waals surface area contributed by atoms with Crippen molar-refractivity contribution in [1.29, 1.82) is 0 Å². The van der Waals surface area contributed by atoms with Crippen LogP contribution in [-0.2, 0) is 0 Å². The first-order chi connectivity index (χ1) is 4.79. The van der Waals surface area contributed by atoms with Crippen LogP contribution in [0.4, 0.5) is 0 Å². The van der Waals surface area contributed by atoms with Crippen LogP contribution < -0.4 is 5.32 Å². The molecule has 0 unspecified atom stereocenters. The van der Waals surface area contributed by atoms with Crippen LogP contribution in [0.15, 0.2) is 23.4 Å². The highest BCUT2D eigenvalue weighted by Gasteiger charge is 1.95. The van der Waals surface area contributed by atoms with Gasteiger partial charge in [-0.1, -0.05) is 19.1 Å². The zero-order valence-corrected chi connectivity index (χ0v) is 7.36. The van der Waals surface area contributed by atoms with Crippen LogP contribution in [0.1, 0.15) is 27.2 Å². The van der Waals surface area contributed by atoms with Gasteiger partial charge < -0.3 is 5.32 Å². The zero-order valence-electron chi connectivity index (χ0n) is 7.36. The minimum atomic E-state index is 1.09. The lowest BCUT2D eigenvalue weighted by atomic mass is 10.1. The molecule has 0 radical (unpaired) electrons. The Balaban J connectivity index is 4.27. The highest BCUT2D eigenvalue weighted by Crippen LogP contribution is 2.09. The molecule has 0 aromatic carbocycles. The maximum atomic E-state index is 3.15.